The number of hydrogen-bond donors (Lipinski definition) is 2. The number of aryl methyl sites for hydroxylation is 2. The fourth-order valence-electron chi connectivity index (χ4n) is 2.46. The number of aromatic carboxylic acids is 1. The van der Waals surface area contributed by atoms with Crippen molar-refractivity contribution < 1.29 is 9.90 Å². The van der Waals surface area contributed by atoms with Crippen molar-refractivity contribution in [2.24, 2.45) is 0 Å². The highest BCUT2D eigenvalue weighted by Crippen LogP contribution is 2.28. The van der Waals surface area contributed by atoms with Crippen LogP contribution in [0.2, 0.25) is 0 Å². The molecule has 0 aliphatic carbocycles. The molecule has 0 aliphatic heterocycles. The first-order valence-corrected chi connectivity index (χ1v) is 7.01. The van der Waals surface area contributed by atoms with Crippen LogP contribution < -0.4 is 5.32 Å². The zero-order chi connectivity index (χ0) is 15.7. The minimum atomic E-state index is -0.935. The van der Waals surface area contributed by atoms with Crippen molar-refractivity contribution in [2.75, 3.05) is 5.32 Å². The fraction of sp³-hybridized carbons (Fsp3) is 0.111. The van der Waals surface area contributed by atoms with E-state index in [4.69, 9.17) is 5.11 Å². The minimum absolute atomic E-state index is 0.260. The first kappa shape index (κ1) is 14.1. The number of carboxylic acid groups (broad SMARTS) is 1. The summed E-state index contributed by atoms with van der Waals surface area (Å²) in [6.07, 6.45) is 1.76. The Morgan fingerprint density at radius 2 is 1.95 bits per heavy atom. The molecule has 22 heavy (non-hydrogen) atoms. The second-order valence-corrected chi connectivity index (χ2v) is 5.27. The summed E-state index contributed by atoms with van der Waals surface area (Å²) in [4.78, 5) is 15.5. The van der Waals surface area contributed by atoms with E-state index in [0.29, 0.717) is 0 Å². The number of benzene rings is 2. The Kier molecular flexibility index (Phi) is 3.51. The molecule has 2 N–H and O–H groups in total. The summed E-state index contributed by atoms with van der Waals surface area (Å²) >= 11 is 0. The molecule has 4 nitrogen and oxygen atoms in total. The van der Waals surface area contributed by atoms with Gasteiger partial charge in [-0.2, -0.15) is 0 Å². The SMILES string of the molecule is Cc1ccc2c(Nc3cccc(C(=O)O)c3)ccnc2c1C. The van der Waals surface area contributed by atoms with Gasteiger partial charge in [0, 0.05) is 23.0 Å². The van der Waals surface area contributed by atoms with Gasteiger partial charge in [-0.1, -0.05) is 18.2 Å². The average Bonchev–Trinajstić information content (AvgIpc) is 2.52. The van der Waals surface area contributed by atoms with Crippen LogP contribution in [0.3, 0.4) is 0 Å². The van der Waals surface area contributed by atoms with Crippen molar-refractivity contribution in [3.05, 3.63) is 65.4 Å². The summed E-state index contributed by atoms with van der Waals surface area (Å²) in [5.41, 5.74) is 5.22. The number of aromatic nitrogens is 1. The van der Waals surface area contributed by atoms with E-state index in [1.165, 1.54) is 5.56 Å². The van der Waals surface area contributed by atoms with E-state index in [1.54, 1.807) is 24.4 Å². The van der Waals surface area contributed by atoms with Crippen molar-refractivity contribution in [1.29, 1.82) is 0 Å². The highest BCUT2D eigenvalue weighted by Gasteiger charge is 2.08. The lowest BCUT2D eigenvalue weighted by Crippen LogP contribution is -1.99. The maximum atomic E-state index is 11.1. The van der Waals surface area contributed by atoms with Crippen molar-refractivity contribution in [1.82, 2.24) is 4.98 Å². The molecular weight excluding hydrogens is 276 g/mol. The molecule has 0 saturated carbocycles. The molecule has 0 unspecified atom stereocenters. The van der Waals surface area contributed by atoms with Gasteiger partial charge in [-0.25, -0.2) is 4.79 Å². The van der Waals surface area contributed by atoms with Gasteiger partial charge >= 0.3 is 5.97 Å². The number of nitrogens with one attached hydrogen (secondary N) is 1. The maximum absolute atomic E-state index is 11.1. The van der Waals surface area contributed by atoms with Gasteiger partial charge < -0.3 is 10.4 Å². The highest BCUT2D eigenvalue weighted by atomic mass is 16.4. The molecule has 4 heteroatoms. The lowest BCUT2D eigenvalue weighted by molar-refractivity contribution is 0.0697. The van der Waals surface area contributed by atoms with Gasteiger partial charge in [-0.05, 0) is 49.2 Å². The normalized spacial score (nSPS) is 10.6. The summed E-state index contributed by atoms with van der Waals surface area (Å²) in [6, 6.07) is 12.8. The van der Waals surface area contributed by atoms with Gasteiger partial charge in [0.15, 0.2) is 0 Å². The predicted molar refractivity (Wildman–Crippen MR) is 87.9 cm³/mol. The Morgan fingerprint density at radius 3 is 2.73 bits per heavy atom. The third-order valence-corrected chi connectivity index (χ3v) is 3.83. The molecule has 1 heterocycles. The summed E-state index contributed by atoms with van der Waals surface area (Å²) < 4.78 is 0. The molecule has 0 saturated heterocycles. The number of anilines is 2. The van der Waals surface area contributed by atoms with E-state index in [1.807, 2.05) is 18.2 Å². The zero-order valence-corrected chi connectivity index (χ0v) is 12.4. The summed E-state index contributed by atoms with van der Waals surface area (Å²) in [5.74, 6) is -0.935. The van der Waals surface area contributed by atoms with Crippen LogP contribution in [0.5, 0.6) is 0 Å². The molecule has 0 spiro atoms. The van der Waals surface area contributed by atoms with Crippen LogP contribution in [-0.2, 0) is 0 Å². The van der Waals surface area contributed by atoms with Crippen LogP contribution in [0.15, 0.2) is 48.7 Å². The van der Waals surface area contributed by atoms with E-state index in [-0.39, 0.29) is 5.56 Å². The second-order valence-electron chi connectivity index (χ2n) is 5.27. The van der Waals surface area contributed by atoms with Crippen molar-refractivity contribution in [3.8, 4) is 0 Å². The van der Waals surface area contributed by atoms with Crippen LogP contribution in [-0.4, -0.2) is 16.1 Å². The number of nitrogens with zero attached hydrogens (tertiary/aromatic N) is 1. The molecule has 3 rings (SSSR count). The molecule has 0 radical (unpaired) electrons. The first-order chi connectivity index (χ1) is 10.6. The molecule has 0 atom stereocenters. The maximum Gasteiger partial charge on any atom is 0.335 e. The summed E-state index contributed by atoms with van der Waals surface area (Å²) in [7, 11) is 0. The number of carboxylic acids is 1. The third-order valence-electron chi connectivity index (χ3n) is 3.83. The number of fused-ring (bicyclic) bond motifs is 1. The Hall–Kier alpha value is -2.88. The first-order valence-electron chi connectivity index (χ1n) is 7.01. The van der Waals surface area contributed by atoms with E-state index in [0.717, 1.165) is 27.8 Å². The van der Waals surface area contributed by atoms with E-state index >= 15 is 0 Å². The summed E-state index contributed by atoms with van der Waals surface area (Å²) in [5, 5.41) is 13.4. The van der Waals surface area contributed by atoms with Gasteiger partial charge in [0.1, 0.15) is 0 Å². The van der Waals surface area contributed by atoms with Gasteiger partial charge in [0.2, 0.25) is 0 Å². The van der Waals surface area contributed by atoms with Gasteiger partial charge in [0.25, 0.3) is 0 Å². The van der Waals surface area contributed by atoms with Crippen molar-refractivity contribution in [2.45, 2.75) is 13.8 Å². The van der Waals surface area contributed by atoms with Crippen molar-refractivity contribution in [3.63, 3.8) is 0 Å². The molecule has 0 bridgehead atoms. The molecule has 2 aromatic carbocycles. The van der Waals surface area contributed by atoms with Crippen LogP contribution in [0.1, 0.15) is 21.5 Å². The Labute approximate surface area is 128 Å². The largest absolute Gasteiger partial charge is 0.478 e. The molecule has 0 aliphatic rings. The standard InChI is InChI=1S/C18H16N2O2/c1-11-6-7-15-16(8-9-19-17(15)12(11)2)20-14-5-3-4-13(10-14)18(21)22/h3-10H,1-2H3,(H,19,20)(H,21,22). The zero-order valence-electron chi connectivity index (χ0n) is 12.4. The van der Waals surface area contributed by atoms with Crippen LogP contribution in [0.4, 0.5) is 11.4 Å². The lowest BCUT2D eigenvalue weighted by Gasteiger charge is -2.12. The van der Waals surface area contributed by atoms with Gasteiger partial charge in [-0.3, -0.25) is 4.98 Å². The highest BCUT2D eigenvalue weighted by molar-refractivity contribution is 5.95. The predicted octanol–water partition coefficient (Wildman–Crippen LogP) is 4.29. The van der Waals surface area contributed by atoms with Crippen LogP contribution in [0, 0.1) is 13.8 Å². The number of pyridine rings is 1. The Bertz CT molecular complexity index is 872. The second kappa shape index (κ2) is 5.48. The quantitative estimate of drug-likeness (QED) is 0.755. The monoisotopic (exact) mass is 292 g/mol. The van der Waals surface area contributed by atoms with E-state index in [2.05, 4.69) is 30.2 Å². The molecule has 0 amide bonds. The van der Waals surface area contributed by atoms with E-state index in [9.17, 15) is 4.79 Å². The summed E-state index contributed by atoms with van der Waals surface area (Å²) in [6.45, 7) is 4.12. The Morgan fingerprint density at radius 1 is 1.14 bits per heavy atom. The minimum Gasteiger partial charge on any atom is -0.478 e. The average molecular weight is 292 g/mol. The fourth-order valence-corrected chi connectivity index (χ4v) is 2.46. The van der Waals surface area contributed by atoms with E-state index < -0.39 is 5.97 Å². The smallest absolute Gasteiger partial charge is 0.335 e. The molecule has 3 aromatic rings. The molecule has 0 fully saturated rings. The Balaban J connectivity index is 2.06. The van der Waals surface area contributed by atoms with Gasteiger partial charge in [0.05, 0.1) is 11.1 Å². The number of carbonyl (C=O) groups is 1. The number of rotatable bonds is 3. The molecular formula is C18H16N2O2. The van der Waals surface area contributed by atoms with Crippen molar-refractivity contribution >= 4 is 28.2 Å². The van der Waals surface area contributed by atoms with Gasteiger partial charge in [-0.15, -0.1) is 0 Å². The lowest BCUT2D eigenvalue weighted by atomic mass is 10.0. The topological polar surface area (TPSA) is 62.2 Å². The third kappa shape index (κ3) is 2.51. The number of hydrogen-bond acceptors (Lipinski definition) is 3. The van der Waals surface area contributed by atoms with Crippen LogP contribution in [0.25, 0.3) is 10.9 Å². The van der Waals surface area contributed by atoms with Crippen LogP contribution >= 0.6 is 0 Å². The molecule has 1 aromatic heterocycles. The molecule has 110 valence electrons.